The first-order valence-corrected chi connectivity index (χ1v) is 29.3. The number of halogens is 3. The van der Waals surface area contributed by atoms with Crippen molar-refractivity contribution < 1.29 is 29.0 Å². The van der Waals surface area contributed by atoms with Crippen LogP contribution in [0.25, 0.3) is 33.8 Å². The third-order valence-electron chi connectivity index (χ3n) is 15.9. The Morgan fingerprint density at radius 3 is 1.21 bits per heavy atom. The van der Waals surface area contributed by atoms with Crippen LogP contribution in [0.1, 0.15) is 88.6 Å². The van der Waals surface area contributed by atoms with Crippen molar-refractivity contribution in [2.75, 3.05) is 30.6 Å². The van der Waals surface area contributed by atoms with Crippen molar-refractivity contribution in [3.63, 3.8) is 0 Å². The number of nitrogens with two attached hydrogens (primary N) is 1. The zero-order chi connectivity index (χ0) is 62.4. The van der Waals surface area contributed by atoms with Gasteiger partial charge in [-0.25, -0.2) is 24.9 Å². The molecule has 3 aromatic carbocycles. The molecule has 0 saturated heterocycles. The van der Waals surface area contributed by atoms with E-state index in [-0.39, 0.29) is 17.4 Å². The van der Waals surface area contributed by atoms with Gasteiger partial charge < -0.3 is 35.9 Å². The third-order valence-corrected chi connectivity index (χ3v) is 16.6. The Kier molecular flexibility index (Phi) is 18.9. The molecule has 3 aliphatic rings. The van der Waals surface area contributed by atoms with E-state index in [9.17, 15) is 19.2 Å². The number of rotatable bonds is 13. The molecule has 0 radical (unpaired) electrons. The Bertz CT molecular complexity index is 4090. The normalized spacial score (nSPS) is 14.2. The minimum absolute atomic E-state index is 0.0360. The van der Waals surface area contributed by atoms with E-state index in [0.29, 0.717) is 49.8 Å². The number of anilines is 3. The standard InChI is InChI=1S/C23H22ClN3O2.C22H20ClN3O2.C13H15N3O.C10H9ClO2/c1-14-4-9-19(26-20(14)16-12-15(2)21(29-3)25-13-16)27-22(28)23(10-11-23)17-5-7-18(24)8-6-17;1-13-3-8-18(25-19(13)15-11-14(2)20(27)24-12-15)26-21(28)22(9-10-22)16-4-6-17(23)7-5-16;1-8-4-5-11(14)16-12(8)10-6-9(2)13(17-3)15-7-10;11-8-3-1-7(2-4-8)10(5-6-10)9(12)13/h4-9,12-13H,10-11H2,1-3H3,(H,26,27,28);3-8,11-12H,9-10H2,1-2H3,(H,24,27)(H,25,26,28);4-7H,1-3H3,(H2,14,16);1-4H,5-6H2,(H,12,13). The number of nitrogens with one attached hydrogen (secondary N) is 3. The number of methoxy groups -OCH3 is 2. The predicted molar refractivity (Wildman–Crippen MR) is 343 cm³/mol. The van der Waals surface area contributed by atoms with E-state index in [0.717, 1.165) is 117 Å². The summed E-state index contributed by atoms with van der Waals surface area (Å²) in [7, 11) is 3.21. The average molecular weight is 1230 g/mol. The van der Waals surface area contributed by atoms with Crippen molar-refractivity contribution >= 4 is 70.0 Å². The number of ether oxygens (including phenoxy) is 2. The van der Waals surface area contributed by atoms with E-state index < -0.39 is 22.2 Å². The molecule has 3 saturated carbocycles. The number of hydrogen-bond donors (Lipinski definition) is 5. The number of nitrogens with zero attached hydrogens (tertiary/aromatic N) is 5. The summed E-state index contributed by atoms with van der Waals surface area (Å²) in [5.41, 5.74) is 17.4. The van der Waals surface area contributed by atoms with E-state index >= 15 is 0 Å². The van der Waals surface area contributed by atoms with Gasteiger partial charge in [-0.1, -0.05) is 89.4 Å². The van der Waals surface area contributed by atoms with Gasteiger partial charge in [-0.15, -0.1) is 0 Å². The summed E-state index contributed by atoms with van der Waals surface area (Å²) >= 11 is 17.7. The Morgan fingerprint density at radius 1 is 0.494 bits per heavy atom. The van der Waals surface area contributed by atoms with Gasteiger partial charge in [0, 0.05) is 67.0 Å². The minimum Gasteiger partial charge on any atom is -0.481 e. The summed E-state index contributed by atoms with van der Waals surface area (Å²) in [4.78, 5) is 73.5. The Labute approximate surface area is 520 Å². The van der Waals surface area contributed by atoms with Crippen LogP contribution in [0.5, 0.6) is 11.8 Å². The van der Waals surface area contributed by atoms with Gasteiger partial charge in [-0.3, -0.25) is 19.2 Å². The average Bonchev–Trinajstić information content (AvgIpc) is 2.44. The van der Waals surface area contributed by atoms with Gasteiger partial charge in [0.05, 0.1) is 47.5 Å². The van der Waals surface area contributed by atoms with Crippen molar-refractivity contribution in [3.05, 3.63) is 221 Å². The van der Waals surface area contributed by atoms with Gasteiger partial charge in [0.1, 0.15) is 17.5 Å². The molecule has 19 heteroatoms. The molecule has 0 aliphatic heterocycles. The topological polar surface area (TPSA) is 237 Å². The van der Waals surface area contributed by atoms with Gasteiger partial charge in [-0.05, 0) is 186 Å². The summed E-state index contributed by atoms with van der Waals surface area (Å²) in [5, 5.41) is 16.9. The molecule has 0 spiro atoms. The number of aryl methyl sites for hydroxylation is 6. The van der Waals surface area contributed by atoms with Gasteiger partial charge in [0.25, 0.3) is 5.56 Å². The maximum Gasteiger partial charge on any atom is 0.314 e. The quantitative estimate of drug-likeness (QED) is 0.0723. The van der Waals surface area contributed by atoms with Crippen LogP contribution in [0.2, 0.25) is 15.1 Å². The highest BCUT2D eigenvalue weighted by Gasteiger charge is 2.53. The van der Waals surface area contributed by atoms with Crippen molar-refractivity contribution in [3.8, 4) is 45.5 Å². The van der Waals surface area contributed by atoms with Crippen molar-refractivity contribution in [2.24, 2.45) is 0 Å². The van der Waals surface area contributed by atoms with Gasteiger partial charge >= 0.3 is 5.97 Å². The van der Waals surface area contributed by atoms with Crippen molar-refractivity contribution in [1.29, 1.82) is 0 Å². The molecule has 0 atom stereocenters. The summed E-state index contributed by atoms with van der Waals surface area (Å²) in [5.74, 6) is 1.94. The number of aliphatic carboxylic acids is 1. The Hall–Kier alpha value is -8.96. The molecule has 3 aliphatic carbocycles. The molecule has 16 nitrogen and oxygen atoms in total. The maximum atomic E-state index is 13.0. The molecule has 6 N–H and O–H groups in total. The lowest BCUT2D eigenvalue weighted by Crippen LogP contribution is -2.28. The SMILES string of the molecule is COc1ncc(-c2nc(N)ccc2C)cc1C.COc1ncc(-c2nc(NC(=O)C3(c4ccc(Cl)cc4)CC3)ccc2C)cc1C.Cc1ccc(NC(=O)C2(c3ccc(Cl)cc3)CC2)nc1-c1c[nH]c(=O)c(C)c1.O=C(O)C1(c2ccc(Cl)cc2)CC1. The number of carbonyl (C=O) groups excluding carboxylic acids is 2. The Balaban J connectivity index is 0.000000145. The van der Waals surface area contributed by atoms with Crippen LogP contribution >= 0.6 is 34.8 Å². The lowest BCUT2D eigenvalue weighted by Gasteiger charge is -2.16. The van der Waals surface area contributed by atoms with Crippen molar-refractivity contribution in [2.45, 2.75) is 96.3 Å². The number of pyridine rings is 6. The molecular weight excluding hydrogens is 1160 g/mol. The van der Waals surface area contributed by atoms with Crippen LogP contribution < -0.4 is 31.4 Å². The fourth-order valence-electron chi connectivity index (χ4n) is 10.2. The molecule has 0 unspecified atom stereocenters. The largest absolute Gasteiger partial charge is 0.481 e. The van der Waals surface area contributed by atoms with E-state index in [1.807, 2.05) is 120 Å². The van der Waals surface area contributed by atoms with Gasteiger partial charge in [0.2, 0.25) is 23.6 Å². The highest BCUT2D eigenvalue weighted by molar-refractivity contribution is 6.31. The number of carboxylic acid groups (broad SMARTS) is 1. The molecule has 446 valence electrons. The fourth-order valence-corrected chi connectivity index (χ4v) is 10.6. The predicted octanol–water partition coefficient (Wildman–Crippen LogP) is 14.3. The number of aromatic nitrogens is 6. The zero-order valence-corrected chi connectivity index (χ0v) is 51.7. The molecule has 6 heterocycles. The number of carboxylic acids is 1. The zero-order valence-electron chi connectivity index (χ0n) is 49.4. The first kappa shape index (κ1) is 62.6. The Morgan fingerprint density at radius 2 is 0.851 bits per heavy atom. The summed E-state index contributed by atoms with van der Waals surface area (Å²) in [6, 6.07) is 39.0. The molecule has 87 heavy (non-hydrogen) atoms. The van der Waals surface area contributed by atoms with Crippen LogP contribution in [0, 0.1) is 41.5 Å². The smallest absolute Gasteiger partial charge is 0.314 e. The lowest BCUT2D eigenvalue weighted by molar-refractivity contribution is -0.140. The number of carbonyl (C=O) groups is 3. The van der Waals surface area contributed by atoms with E-state index in [1.54, 1.807) is 82.2 Å². The number of benzene rings is 3. The first-order chi connectivity index (χ1) is 41.6. The third kappa shape index (κ3) is 14.3. The van der Waals surface area contributed by atoms with Crippen LogP contribution in [-0.4, -0.2) is 67.0 Å². The number of aromatic amines is 1. The second-order valence-corrected chi connectivity index (χ2v) is 23.4. The fraction of sp³-hybridized carbons (Fsp3) is 0.250. The monoisotopic (exact) mass is 1230 g/mol. The minimum atomic E-state index is -0.727. The number of hydrogen-bond acceptors (Lipinski definition) is 12. The summed E-state index contributed by atoms with van der Waals surface area (Å²) in [6.07, 6.45) is 9.86. The highest BCUT2D eigenvalue weighted by Crippen LogP contribution is 2.51. The van der Waals surface area contributed by atoms with Crippen LogP contribution in [0.4, 0.5) is 17.5 Å². The highest BCUT2D eigenvalue weighted by atomic mass is 35.5. The van der Waals surface area contributed by atoms with Crippen LogP contribution in [-0.2, 0) is 30.6 Å². The van der Waals surface area contributed by atoms with Crippen LogP contribution in [0.15, 0.2) is 151 Å². The number of amides is 2. The first-order valence-electron chi connectivity index (χ1n) is 28.1. The van der Waals surface area contributed by atoms with E-state index in [2.05, 4.69) is 35.6 Å². The second-order valence-electron chi connectivity index (χ2n) is 22.1. The molecule has 0 bridgehead atoms. The summed E-state index contributed by atoms with van der Waals surface area (Å²) in [6.45, 7) is 11.6. The maximum absolute atomic E-state index is 13.0. The van der Waals surface area contributed by atoms with Crippen LogP contribution in [0.3, 0.4) is 0 Å². The molecule has 6 aromatic heterocycles. The van der Waals surface area contributed by atoms with Gasteiger partial charge in [-0.2, -0.15) is 0 Å². The molecule has 2 amide bonds. The molecule has 3 fully saturated rings. The lowest BCUT2D eigenvalue weighted by atomic mass is 9.95. The van der Waals surface area contributed by atoms with Crippen molar-refractivity contribution in [1.82, 2.24) is 29.9 Å². The van der Waals surface area contributed by atoms with E-state index in [1.165, 1.54) is 0 Å². The molecular formula is C68H66Cl3N9O7. The number of H-pyrrole nitrogens is 1. The van der Waals surface area contributed by atoms with Gasteiger partial charge in [0.15, 0.2) is 0 Å². The second kappa shape index (κ2) is 26.3. The molecule has 9 aromatic rings. The molecule has 12 rings (SSSR count). The number of nitrogen functional groups attached to an aromatic ring is 1. The van der Waals surface area contributed by atoms with E-state index in [4.69, 9.17) is 60.1 Å². The summed E-state index contributed by atoms with van der Waals surface area (Å²) < 4.78 is 10.4.